The molecule has 32 heavy (non-hydrogen) atoms. The topological polar surface area (TPSA) is 87.7 Å². The molecular weight excluding hydrogens is 406 g/mol. The number of aromatic nitrogens is 2. The highest BCUT2D eigenvalue weighted by atomic mass is 16.5. The third-order valence-corrected chi connectivity index (χ3v) is 6.31. The zero-order valence-corrected chi connectivity index (χ0v) is 18.8. The van der Waals surface area contributed by atoms with E-state index in [1.807, 2.05) is 24.0 Å². The molecule has 1 atom stereocenters. The molecule has 2 saturated heterocycles. The van der Waals surface area contributed by atoms with Crippen molar-refractivity contribution < 1.29 is 14.3 Å². The third kappa shape index (κ3) is 4.91. The number of likely N-dealkylation sites (tertiary alicyclic amines) is 2. The Kier molecular flexibility index (Phi) is 6.99. The molecule has 4 rings (SSSR count). The molecule has 2 aliphatic rings. The lowest BCUT2D eigenvalue weighted by atomic mass is 10.0. The Hall–Kier alpha value is -3.00. The minimum absolute atomic E-state index is 0.000307. The molecule has 0 aliphatic carbocycles. The minimum atomic E-state index is -0.275. The summed E-state index contributed by atoms with van der Waals surface area (Å²) in [7, 11) is 1.57. The van der Waals surface area contributed by atoms with Crippen LogP contribution in [0.5, 0.6) is 5.75 Å². The maximum atomic E-state index is 12.8. The van der Waals surface area contributed by atoms with Crippen molar-refractivity contribution in [3.05, 3.63) is 47.5 Å². The number of aryl methyl sites for hydroxylation is 1. The summed E-state index contributed by atoms with van der Waals surface area (Å²) < 4.78 is 5.31. The lowest BCUT2D eigenvalue weighted by molar-refractivity contribution is -0.132. The van der Waals surface area contributed by atoms with E-state index in [9.17, 15) is 9.59 Å². The molecule has 2 aromatic rings. The van der Waals surface area contributed by atoms with E-state index >= 15 is 0 Å². The zero-order chi connectivity index (χ0) is 22.5. The monoisotopic (exact) mass is 437 g/mol. The summed E-state index contributed by atoms with van der Waals surface area (Å²) in [5.41, 5.74) is 1.65. The first-order valence-corrected chi connectivity index (χ1v) is 11.4. The number of benzene rings is 1. The predicted octanol–water partition coefficient (Wildman–Crippen LogP) is 3.20. The van der Waals surface area contributed by atoms with Gasteiger partial charge < -0.3 is 15.0 Å². The molecule has 0 unspecified atom stereocenters. The van der Waals surface area contributed by atoms with E-state index < -0.39 is 0 Å². The molecular formula is C24H31N5O3. The van der Waals surface area contributed by atoms with Crippen LogP contribution in [0.25, 0.3) is 0 Å². The summed E-state index contributed by atoms with van der Waals surface area (Å²) in [4.78, 5) is 39.0. The van der Waals surface area contributed by atoms with Crippen molar-refractivity contribution in [1.29, 1.82) is 0 Å². The van der Waals surface area contributed by atoms with Crippen LogP contribution in [-0.4, -0.2) is 64.9 Å². The van der Waals surface area contributed by atoms with Crippen LogP contribution in [0.4, 0.5) is 5.69 Å². The predicted molar refractivity (Wildman–Crippen MR) is 122 cm³/mol. The molecule has 0 spiro atoms. The fourth-order valence-corrected chi connectivity index (χ4v) is 4.52. The number of amides is 2. The number of nitrogens with one attached hydrogen (secondary N) is 1. The van der Waals surface area contributed by atoms with Crippen LogP contribution in [0.1, 0.15) is 60.0 Å². The number of nitrogens with zero attached hydrogens (tertiary/aromatic N) is 4. The highest BCUT2D eigenvalue weighted by Gasteiger charge is 2.30. The van der Waals surface area contributed by atoms with Crippen molar-refractivity contribution in [3.8, 4) is 5.75 Å². The molecule has 0 bridgehead atoms. The van der Waals surface area contributed by atoms with Crippen molar-refractivity contribution in [2.45, 2.75) is 45.1 Å². The van der Waals surface area contributed by atoms with Gasteiger partial charge in [-0.25, -0.2) is 9.97 Å². The molecule has 1 aromatic heterocycles. The van der Waals surface area contributed by atoms with Crippen LogP contribution < -0.4 is 10.1 Å². The first-order valence-electron chi connectivity index (χ1n) is 11.4. The fourth-order valence-electron chi connectivity index (χ4n) is 4.52. The molecule has 2 amide bonds. The van der Waals surface area contributed by atoms with Crippen molar-refractivity contribution in [2.75, 3.05) is 38.6 Å². The molecule has 8 nitrogen and oxygen atoms in total. The smallest absolute Gasteiger partial charge is 0.259 e. The zero-order valence-electron chi connectivity index (χ0n) is 18.8. The average molecular weight is 438 g/mol. The Morgan fingerprint density at radius 3 is 2.62 bits per heavy atom. The van der Waals surface area contributed by atoms with Gasteiger partial charge in [-0.05, 0) is 51.3 Å². The van der Waals surface area contributed by atoms with Gasteiger partial charge in [-0.3, -0.25) is 14.5 Å². The maximum absolute atomic E-state index is 12.8. The van der Waals surface area contributed by atoms with Gasteiger partial charge in [0.1, 0.15) is 11.6 Å². The van der Waals surface area contributed by atoms with Crippen molar-refractivity contribution in [3.63, 3.8) is 0 Å². The standard InChI is InChI=1S/C24H31N5O3/c1-17-18(24(31)27-19-9-3-4-11-21(19)32-2)15-25-23(26-17)20-10-5-6-14-29(20)16-22(30)28-12-7-8-13-28/h3-4,9,11,15,20H,5-8,10,12-14,16H2,1-2H3,(H,27,31)/t20-/m1/s1. The molecule has 2 fully saturated rings. The number of rotatable bonds is 6. The molecule has 1 N–H and O–H groups in total. The Morgan fingerprint density at radius 2 is 1.88 bits per heavy atom. The van der Waals surface area contributed by atoms with Crippen molar-refractivity contribution >= 4 is 17.5 Å². The first-order chi connectivity index (χ1) is 15.6. The van der Waals surface area contributed by atoms with Crippen LogP contribution in [-0.2, 0) is 4.79 Å². The largest absolute Gasteiger partial charge is 0.495 e. The lowest BCUT2D eigenvalue weighted by Crippen LogP contribution is -2.43. The van der Waals surface area contributed by atoms with Gasteiger partial charge in [-0.2, -0.15) is 0 Å². The Bertz CT molecular complexity index is 974. The SMILES string of the molecule is COc1ccccc1NC(=O)c1cnc([C@H]2CCCCN2CC(=O)N2CCCC2)nc1C. The van der Waals surface area contributed by atoms with E-state index in [0.29, 0.717) is 35.1 Å². The van der Waals surface area contributed by atoms with Gasteiger partial charge in [-0.1, -0.05) is 18.6 Å². The van der Waals surface area contributed by atoms with E-state index in [0.717, 1.165) is 51.7 Å². The number of carbonyl (C=O) groups excluding carboxylic acids is 2. The van der Waals surface area contributed by atoms with Crippen molar-refractivity contribution in [1.82, 2.24) is 19.8 Å². The number of hydrogen-bond donors (Lipinski definition) is 1. The molecule has 0 saturated carbocycles. The molecule has 0 radical (unpaired) electrons. The van der Waals surface area contributed by atoms with Gasteiger partial charge in [0, 0.05) is 19.3 Å². The summed E-state index contributed by atoms with van der Waals surface area (Å²) in [5.74, 6) is 1.20. The molecule has 3 heterocycles. The van der Waals surface area contributed by atoms with Crippen LogP contribution in [0, 0.1) is 6.92 Å². The average Bonchev–Trinajstić information content (AvgIpc) is 3.35. The number of anilines is 1. The summed E-state index contributed by atoms with van der Waals surface area (Å²) in [6.45, 7) is 4.82. The van der Waals surface area contributed by atoms with Gasteiger partial charge in [0.15, 0.2) is 0 Å². The van der Waals surface area contributed by atoms with E-state index in [1.54, 1.807) is 25.4 Å². The second kappa shape index (κ2) is 10.1. The lowest BCUT2D eigenvalue weighted by Gasteiger charge is -2.35. The summed E-state index contributed by atoms with van der Waals surface area (Å²) in [5, 5.41) is 2.88. The molecule has 8 heteroatoms. The highest BCUT2D eigenvalue weighted by Crippen LogP contribution is 2.30. The van der Waals surface area contributed by atoms with Crippen LogP contribution >= 0.6 is 0 Å². The Balaban J connectivity index is 1.48. The van der Waals surface area contributed by atoms with E-state index in [4.69, 9.17) is 4.74 Å². The second-order valence-corrected chi connectivity index (χ2v) is 8.45. The molecule has 1 aromatic carbocycles. The maximum Gasteiger partial charge on any atom is 0.259 e. The summed E-state index contributed by atoms with van der Waals surface area (Å²) >= 11 is 0. The summed E-state index contributed by atoms with van der Waals surface area (Å²) in [6.07, 6.45) is 6.85. The number of methoxy groups -OCH3 is 1. The number of para-hydroxylation sites is 2. The summed E-state index contributed by atoms with van der Waals surface area (Å²) in [6, 6.07) is 7.27. The van der Waals surface area contributed by atoms with E-state index in [-0.39, 0.29) is 17.9 Å². The molecule has 170 valence electrons. The minimum Gasteiger partial charge on any atom is -0.495 e. The van der Waals surface area contributed by atoms with Gasteiger partial charge in [0.05, 0.1) is 36.6 Å². The fraction of sp³-hybridized carbons (Fsp3) is 0.500. The number of carbonyl (C=O) groups is 2. The van der Waals surface area contributed by atoms with E-state index in [1.165, 1.54) is 0 Å². The highest BCUT2D eigenvalue weighted by molar-refractivity contribution is 6.05. The van der Waals surface area contributed by atoms with Gasteiger partial charge in [-0.15, -0.1) is 0 Å². The van der Waals surface area contributed by atoms with E-state index in [2.05, 4.69) is 20.2 Å². The molecule has 2 aliphatic heterocycles. The number of piperidine rings is 1. The Labute approximate surface area is 189 Å². The second-order valence-electron chi connectivity index (χ2n) is 8.45. The van der Waals surface area contributed by atoms with Gasteiger partial charge in [0.25, 0.3) is 5.91 Å². The van der Waals surface area contributed by atoms with Crippen LogP contribution in [0.2, 0.25) is 0 Å². The number of ether oxygens (including phenoxy) is 1. The Morgan fingerprint density at radius 1 is 1.12 bits per heavy atom. The third-order valence-electron chi connectivity index (χ3n) is 6.31. The van der Waals surface area contributed by atoms with Gasteiger partial charge in [0.2, 0.25) is 5.91 Å². The number of hydrogen-bond acceptors (Lipinski definition) is 6. The van der Waals surface area contributed by atoms with Crippen LogP contribution in [0.15, 0.2) is 30.5 Å². The first kappa shape index (κ1) is 22.2. The normalized spacial score (nSPS) is 19.1. The quantitative estimate of drug-likeness (QED) is 0.747. The van der Waals surface area contributed by atoms with Crippen molar-refractivity contribution in [2.24, 2.45) is 0 Å². The van der Waals surface area contributed by atoms with Gasteiger partial charge >= 0.3 is 0 Å². The van der Waals surface area contributed by atoms with Crippen LogP contribution in [0.3, 0.4) is 0 Å².